The summed E-state index contributed by atoms with van der Waals surface area (Å²) in [5.41, 5.74) is 4.55. The minimum atomic E-state index is -0.0786. The van der Waals surface area contributed by atoms with Crippen LogP contribution in [-0.4, -0.2) is 35.6 Å². The van der Waals surface area contributed by atoms with Crippen LogP contribution in [0.25, 0.3) is 32.1 Å². The summed E-state index contributed by atoms with van der Waals surface area (Å²) in [5.74, 6) is 0.658. The van der Waals surface area contributed by atoms with Gasteiger partial charge in [0.15, 0.2) is 0 Å². The molecule has 152 valence electrons. The van der Waals surface area contributed by atoms with E-state index >= 15 is 0 Å². The number of aromatic nitrogens is 1. The number of rotatable bonds is 4. The number of nitrogens with zero attached hydrogens (tertiary/aromatic N) is 1. The zero-order valence-corrected chi connectivity index (χ0v) is 18.6. The van der Waals surface area contributed by atoms with Crippen molar-refractivity contribution in [2.24, 2.45) is 0 Å². The smallest absolute Gasteiger partial charge is 0.266 e. The lowest BCUT2D eigenvalue weighted by Crippen LogP contribution is -2.18. The molecule has 0 saturated carbocycles. The van der Waals surface area contributed by atoms with Gasteiger partial charge in [0.05, 0.1) is 5.52 Å². The molecule has 0 radical (unpaired) electrons. The van der Waals surface area contributed by atoms with Gasteiger partial charge in [0.2, 0.25) is 0 Å². The maximum atomic E-state index is 12.4. The standard InChI is InChI=1S/C23H24N2O2S.ClH/c1-13-11-18(26)19(16-7-5-15(6-8-16)14(2)12-25(3)4)20-17-9-10-28-22(17)23(27)24-21(13)20;/h5-11,14,26H,12H2,1-4H3,(H,24,27);1H. The van der Waals surface area contributed by atoms with Gasteiger partial charge >= 0.3 is 0 Å². The van der Waals surface area contributed by atoms with Crippen molar-refractivity contribution in [2.45, 2.75) is 19.8 Å². The van der Waals surface area contributed by atoms with E-state index in [4.69, 9.17) is 0 Å². The number of aromatic amines is 1. The monoisotopic (exact) mass is 428 g/mol. The van der Waals surface area contributed by atoms with Crippen LogP contribution in [0.2, 0.25) is 0 Å². The number of pyridine rings is 1. The van der Waals surface area contributed by atoms with E-state index in [1.54, 1.807) is 6.07 Å². The molecule has 4 aromatic rings. The lowest BCUT2D eigenvalue weighted by molar-refractivity contribution is 0.383. The number of phenols is 1. The number of hydrogen-bond donors (Lipinski definition) is 2. The highest BCUT2D eigenvalue weighted by Gasteiger charge is 2.17. The van der Waals surface area contributed by atoms with Gasteiger partial charge < -0.3 is 15.0 Å². The summed E-state index contributed by atoms with van der Waals surface area (Å²) in [4.78, 5) is 17.6. The molecule has 2 aromatic carbocycles. The van der Waals surface area contributed by atoms with E-state index in [1.807, 2.05) is 18.4 Å². The zero-order chi connectivity index (χ0) is 20.0. The number of H-pyrrole nitrogens is 1. The van der Waals surface area contributed by atoms with Crippen LogP contribution in [-0.2, 0) is 0 Å². The predicted molar refractivity (Wildman–Crippen MR) is 126 cm³/mol. The normalized spacial score (nSPS) is 12.4. The van der Waals surface area contributed by atoms with Gasteiger partial charge in [-0.2, -0.15) is 0 Å². The number of fused-ring (bicyclic) bond motifs is 3. The van der Waals surface area contributed by atoms with Crippen molar-refractivity contribution in [1.82, 2.24) is 9.88 Å². The molecule has 6 heteroatoms. The Hall–Kier alpha value is -2.34. The Bertz CT molecular complexity index is 1230. The fourth-order valence-electron chi connectivity index (χ4n) is 4.01. The number of nitrogens with one attached hydrogen (secondary N) is 1. The summed E-state index contributed by atoms with van der Waals surface area (Å²) in [5, 5.41) is 14.5. The van der Waals surface area contributed by atoms with Crippen molar-refractivity contribution in [3.63, 3.8) is 0 Å². The summed E-state index contributed by atoms with van der Waals surface area (Å²) >= 11 is 1.43. The molecule has 1 atom stereocenters. The molecule has 0 bridgehead atoms. The van der Waals surface area contributed by atoms with Gasteiger partial charge in [-0.15, -0.1) is 23.7 Å². The van der Waals surface area contributed by atoms with E-state index in [1.165, 1.54) is 16.9 Å². The highest BCUT2D eigenvalue weighted by atomic mass is 35.5. The second-order valence-corrected chi connectivity index (χ2v) is 8.66. The third kappa shape index (κ3) is 3.78. The molecule has 0 aliphatic rings. The van der Waals surface area contributed by atoms with Gasteiger partial charge in [0, 0.05) is 22.9 Å². The third-order valence-corrected chi connectivity index (χ3v) is 6.20. The number of aromatic hydroxyl groups is 1. The Balaban J connectivity index is 0.00000240. The average molecular weight is 429 g/mol. The maximum Gasteiger partial charge on any atom is 0.266 e. The van der Waals surface area contributed by atoms with Crippen LogP contribution in [0.15, 0.2) is 46.6 Å². The van der Waals surface area contributed by atoms with Crippen LogP contribution in [0.4, 0.5) is 0 Å². The fourth-order valence-corrected chi connectivity index (χ4v) is 4.80. The SMILES string of the molecule is Cc1cc(O)c(-c2ccc(C(C)CN(C)C)cc2)c2c1[nH]c(=O)c1sccc12.Cl. The highest BCUT2D eigenvalue weighted by molar-refractivity contribution is 7.17. The predicted octanol–water partition coefficient (Wildman–Crippen LogP) is 5.51. The number of hydrogen-bond acceptors (Lipinski definition) is 4. The van der Waals surface area contributed by atoms with Crippen LogP contribution in [0.1, 0.15) is 24.0 Å². The first-order chi connectivity index (χ1) is 13.4. The van der Waals surface area contributed by atoms with E-state index in [-0.39, 0.29) is 23.7 Å². The Kier molecular flexibility index (Phi) is 6.03. The molecule has 0 amide bonds. The van der Waals surface area contributed by atoms with Crippen molar-refractivity contribution < 1.29 is 5.11 Å². The quantitative estimate of drug-likeness (QED) is 0.450. The topological polar surface area (TPSA) is 56.3 Å². The van der Waals surface area contributed by atoms with Crippen LogP contribution < -0.4 is 5.56 Å². The Labute approximate surface area is 180 Å². The maximum absolute atomic E-state index is 12.4. The first kappa shape index (κ1) is 21.4. The minimum Gasteiger partial charge on any atom is -0.507 e. The van der Waals surface area contributed by atoms with E-state index in [0.29, 0.717) is 10.6 Å². The number of thiophene rings is 1. The van der Waals surface area contributed by atoms with E-state index < -0.39 is 0 Å². The second kappa shape index (κ2) is 8.19. The molecule has 0 spiro atoms. The van der Waals surface area contributed by atoms with Gasteiger partial charge in [-0.25, -0.2) is 0 Å². The lowest BCUT2D eigenvalue weighted by atomic mass is 9.93. The molecule has 4 nitrogen and oxygen atoms in total. The Morgan fingerprint density at radius 1 is 1.17 bits per heavy atom. The fraction of sp³-hybridized carbons (Fsp3) is 0.261. The molecule has 0 fully saturated rings. The number of likely N-dealkylation sites (N-methyl/N-ethyl adjacent to an activating group) is 1. The number of halogens is 1. The summed E-state index contributed by atoms with van der Waals surface area (Å²) in [6.45, 7) is 5.11. The molecule has 2 heterocycles. The van der Waals surface area contributed by atoms with Gasteiger partial charge in [-0.3, -0.25) is 4.79 Å². The average Bonchev–Trinajstić information content (AvgIpc) is 3.13. The molecule has 1 unspecified atom stereocenters. The summed E-state index contributed by atoms with van der Waals surface area (Å²) in [7, 11) is 4.16. The molecule has 0 aliphatic heterocycles. The number of benzene rings is 2. The van der Waals surface area contributed by atoms with Crippen molar-refractivity contribution in [1.29, 1.82) is 0 Å². The van der Waals surface area contributed by atoms with Crippen molar-refractivity contribution in [3.8, 4) is 16.9 Å². The molecule has 0 saturated heterocycles. The molecule has 2 N–H and O–H groups in total. The lowest BCUT2D eigenvalue weighted by Gasteiger charge is -2.18. The zero-order valence-electron chi connectivity index (χ0n) is 16.9. The minimum absolute atomic E-state index is 0. The van der Waals surface area contributed by atoms with Gasteiger partial charge in [0.1, 0.15) is 10.4 Å². The van der Waals surface area contributed by atoms with Gasteiger partial charge in [0.25, 0.3) is 5.56 Å². The highest BCUT2D eigenvalue weighted by Crippen LogP contribution is 2.41. The van der Waals surface area contributed by atoms with Crippen molar-refractivity contribution >= 4 is 44.7 Å². The second-order valence-electron chi connectivity index (χ2n) is 7.74. The van der Waals surface area contributed by atoms with Crippen LogP contribution in [0, 0.1) is 6.92 Å². The molecule has 2 aromatic heterocycles. The van der Waals surface area contributed by atoms with Gasteiger partial charge in [-0.1, -0.05) is 31.2 Å². The van der Waals surface area contributed by atoms with Crippen LogP contribution >= 0.6 is 23.7 Å². The molecule has 0 aliphatic carbocycles. The first-order valence-electron chi connectivity index (χ1n) is 9.37. The summed E-state index contributed by atoms with van der Waals surface area (Å²) in [6.07, 6.45) is 0. The Morgan fingerprint density at radius 2 is 1.86 bits per heavy atom. The van der Waals surface area contributed by atoms with Gasteiger partial charge in [-0.05, 0) is 61.1 Å². The van der Waals surface area contributed by atoms with E-state index in [0.717, 1.165) is 39.5 Å². The molecule has 29 heavy (non-hydrogen) atoms. The van der Waals surface area contributed by atoms with E-state index in [2.05, 4.69) is 55.2 Å². The Morgan fingerprint density at radius 3 is 2.52 bits per heavy atom. The number of aryl methyl sites for hydroxylation is 1. The molecular weight excluding hydrogens is 404 g/mol. The number of phenolic OH excluding ortho intramolecular Hbond substituents is 1. The summed E-state index contributed by atoms with van der Waals surface area (Å²) < 4.78 is 0.690. The van der Waals surface area contributed by atoms with Crippen LogP contribution in [0.5, 0.6) is 5.75 Å². The van der Waals surface area contributed by atoms with Crippen molar-refractivity contribution in [3.05, 3.63) is 63.3 Å². The third-order valence-electron chi connectivity index (χ3n) is 5.29. The van der Waals surface area contributed by atoms with E-state index in [9.17, 15) is 9.90 Å². The first-order valence-corrected chi connectivity index (χ1v) is 10.3. The molecule has 4 rings (SSSR count). The summed E-state index contributed by atoms with van der Waals surface area (Å²) in [6, 6.07) is 12.1. The molecular formula is C23H25ClN2O2S. The van der Waals surface area contributed by atoms with Crippen molar-refractivity contribution in [2.75, 3.05) is 20.6 Å². The largest absolute Gasteiger partial charge is 0.507 e. The van der Waals surface area contributed by atoms with Crippen LogP contribution in [0.3, 0.4) is 0 Å².